The molecular weight excluding hydrogens is 150 g/mol. The van der Waals surface area contributed by atoms with Crippen LogP contribution in [0.3, 0.4) is 0 Å². The molecule has 3 nitrogen and oxygen atoms in total. The Kier molecular flexibility index (Phi) is 2.56. The van der Waals surface area contributed by atoms with Crippen molar-refractivity contribution in [1.82, 2.24) is 4.31 Å². The van der Waals surface area contributed by atoms with E-state index in [1.54, 1.807) is 4.31 Å². The molecule has 0 radical (unpaired) electrons. The molecule has 1 aliphatic rings. The molecule has 10 heavy (non-hydrogen) atoms. The third-order valence-electron chi connectivity index (χ3n) is 1.76. The van der Waals surface area contributed by atoms with Crippen LogP contribution < -0.4 is 0 Å². The number of aliphatic carboxylic acids is 1. The Bertz CT molecular complexity index is 140. The minimum atomic E-state index is -0.755. The van der Waals surface area contributed by atoms with Crippen molar-refractivity contribution < 1.29 is 9.90 Å². The summed E-state index contributed by atoms with van der Waals surface area (Å²) in [4.78, 5) is 10.5. The topological polar surface area (TPSA) is 40.5 Å². The van der Waals surface area contributed by atoms with Crippen LogP contribution in [0.5, 0.6) is 0 Å². The number of hydrogen-bond donors (Lipinski definition) is 2. The van der Waals surface area contributed by atoms with E-state index >= 15 is 0 Å². The number of thiol groups is 1. The van der Waals surface area contributed by atoms with Crippen molar-refractivity contribution in [1.29, 1.82) is 0 Å². The van der Waals surface area contributed by atoms with Gasteiger partial charge in [0.25, 0.3) is 0 Å². The molecule has 1 rings (SSSR count). The van der Waals surface area contributed by atoms with Gasteiger partial charge in [-0.25, -0.2) is 4.31 Å². The summed E-state index contributed by atoms with van der Waals surface area (Å²) in [6, 6.07) is -0.364. The molecule has 0 spiro atoms. The van der Waals surface area contributed by atoms with E-state index in [-0.39, 0.29) is 6.04 Å². The van der Waals surface area contributed by atoms with Gasteiger partial charge < -0.3 is 5.11 Å². The number of piperidine rings is 1. The highest BCUT2D eigenvalue weighted by molar-refractivity contribution is 7.77. The number of carboxylic acids is 1. The van der Waals surface area contributed by atoms with Gasteiger partial charge in [-0.2, -0.15) is 0 Å². The first-order chi connectivity index (χ1) is 4.72. The van der Waals surface area contributed by atoms with E-state index in [1.165, 1.54) is 0 Å². The second-order valence-electron chi connectivity index (χ2n) is 2.51. The number of rotatable bonds is 1. The van der Waals surface area contributed by atoms with Crippen LogP contribution in [-0.2, 0) is 4.79 Å². The zero-order valence-electron chi connectivity index (χ0n) is 5.66. The third-order valence-corrected chi connectivity index (χ3v) is 2.24. The van der Waals surface area contributed by atoms with Crippen molar-refractivity contribution in [3.05, 3.63) is 0 Å². The second kappa shape index (κ2) is 3.25. The molecule has 1 unspecified atom stereocenters. The first-order valence-electron chi connectivity index (χ1n) is 3.40. The molecule has 0 aromatic heterocycles. The molecule has 0 bridgehead atoms. The molecule has 0 aromatic rings. The van der Waals surface area contributed by atoms with E-state index in [0.717, 1.165) is 25.8 Å². The van der Waals surface area contributed by atoms with E-state index in [9.17, 15) is 4.79 Å². The van der Waals surface area contributed by atoms with E-state index in [2.05, 4.69) is 12.8 Å². The molecule has 0 amide bonds. The van der Waals surface area contributed by atoms with Crippen molar-refractivity contribution in [2.75, 3.05) is 6.54 Å². The molecule has 0 aromatic carbocycles. The van der Waals surface area contributed by atoms with Gasteiger partial charge in [0.05, 0.1) is 0 Å². The number of carboxylic acid groups (broad SMARTS) is 1. The van der Waals surface area contributed by atoms with Crippen molar-refractivity contribution in [2.45, 2.75) is 25.3 Å². The van der Waals surface area contributed by atoms with Gasteiger partial charge in [-0.05, 0) is 19.3 Å². The number of hydrogen-bond acceptors (Lipinski definition) is 3. The second-order valence-corrected chi connectivity index (χ2v) is 3.03. The summed E-state index contributed by atoms with van der Waals surface area (Å²) in [6.07, 6.45) is 2.81. The van der Waals surface area contributed by atoms with E-state index in [0.29, 0.717) is 0 Å². The summed E-state index contributed by atoms with van der Waals surface area (Å²) in [5.74, 6) is -0.755. The molecule has 4 heteroatoms. The lowest BCUT2D eigenvalue weighted by Gasteiger charge is -2.27. The Balaban J connectivity index is 2.47. The Morgan fingerprint density at radius 3 is 2.70 bits per heavy atom. The van der Waals surface area contributed by atoms with Crippen LogP contribution in [0.1, 0.15) is 19.3 Å². The average Bonchev–Trinajstić information content (AvgIpc) is 1.88. The fourth-order valence-corrected chi connectivity index (χ4v) is 1.52. The zero-order valence-corrected chi connectivity index (χ0v) is 6.55. The van der Waals surface area contributed by atoms with Gasteiger partial charge in [-0.1, -0.05) is 12.8 Å². The maximum absolute atomic E-state index is 10.5. The summed E-state index contributed by atoms with van der Waals surface area (Å²) in [5.41, 5.74) is 0. The van der Waals surface area contributed by atoms with Crippen LogP contribution in [0, 0.1) is 0 Å². The van der Waals surface area contributed by atoms with E-state index in [4.69, 9.17) is 5.11 Å². The molecule has 1 heterocycles. The maximum Gasteiger partial charge on any atom is 0.321 e. The molecular formula is C6H11NO2S. The Morgan fingerprint density at radius 1 is 1.60 bits per heavy atom. The van der Waals surface area contributed by atoms with Gasteiger partial charge in [-0.3, -0.25) is 4.79 Å². The maximum atomic E-state index is 10.5. The zero-order chi connectivity index (χ0) is 7.56. The lowest BCUT2D eigenvalue weighted by atomic mass is 10.1. The highest BCUT2D eigenvalue weighted by atomic mass is 32.1. The molecule has 0 aliphatic carbocycles. The van der Waals surface area contributed by atoms with Crippen molar-refractivity contribution in [3.8, 4) is 0 Å². The van der Waals surface area contributed by atoms with Gasteiger partial charge in [0, 0.05) is 6.54 Å². The molecule has 1 saturated heterocycles. The summed E-state index contributed by atoms with van der Waals surface area (Å²) in [7, 11) is 0. The SMILES string of the molecule is O=C(O)C1CCCCN1S. The van der Waals surface area contributed by atoms with E-state index in [1.807, 2.05) is 0 Å². The molecule has 1 aliphatic heterocycles. The van der Waals surface area contributed by atoms with Crippen LogP contribution in [0.2, 0.25) is 0 Å². The highest BCUT2D eigenvalue weighted by Gasteiger charge is 2.25. The van der Waals surface area contributed by atoms with Crippen LogP contribution >= 0.6 is 12.8 Å². The molecule has 1 fully saturated rings. The molecule has 0 saturated carbocycles. The third kappa shape index (κ3) is 1.64. The summed E-state index contributed by atoms with van der Waals surface area (Å²) in [6.45, 7) is 0.792. The fourth-order valence-electron chi connectivity index (χ4n) is 1.17. The van der Waals surface area contributed by atoms with Gasteiger partial charge in [0.2, 0.25) is 0 Å². The lowest BCUT2D eigenvalue weighted by Crippen LogP contribution is -2.38. The first-order valence-corrected chi connectivity index (χ1v) is 3.80. The summed E-state index contributed by atoms with van der Waals surface area (Å²) < 4.78 is 1.60. The van der Waals surface area contributed by atoms with Gasteiger partial charge >= 0.3 is 5.97 Å². The Morgan fingerprint density at radius 2 is 2.30 bits per heavy atom. The average molecular weight is 161 g/mol. The van der Waals surface area contributed by atoms with Crippen molar-refractivity contribution >= 4 is 18.8 Å². The van der Waals surface area contributed by atoms with Crippen LogP contribution in [0.15, 0.2) is 0 Å². The Labute approximate surface area is 65.6 Å². The minimum Gasteiger partial charge on any atom is -0.480 e. The molecule has 1 N–H and O–H groups in total. The standard InChI is InChI=1S/C6H11NO2S/c8-6(9)5-3-1-2-4-7(5)10/h5,10H,1-4H2,(H,8,9). The summed E-state index contributed by atoms with van der Waals surface area (Å²) >= 11 is 4.05. The van der Waals surface area contributed by atoms with Crippen LogP contribution in [-0.4, -0.2) is 28.0 Å². The number of nitrogens with zero attached hydrogens (tertiary/aromatic N) is 1. The molecule has 58 valence electrons. The lowest BCUT2D eigenvalue weighted by molar-refractivity contribution is -0.142. The highest BCUT2D eigenvalue weighted by Crippen LogP contribution is 2.18. The first kappa shape index (κ1) is 7.88. The van der Waals surface area contributed by atoms with Gasteiger partial charge in [0.1, 0.15) is 6.04 Å². The summed E-state index contributed by atoms with van der Waals surface area (Å²) in [5, 5.41) is 8.62. The smallest absolute Gasteiger partial charge is 0.321 e. The number of carbonyl (C=O) groups is 1. The van der Waals surface area contributed by atoms with Crippen LogP contribution in [0.25, 0.3) is 0 Å². The van der Waals surface area contributed by atoms with Crippen molar-refractivity contribution in [3.63, 3.8) is 0 Å². The van der Waals surface area contributed by atoms with Crippen molar-refractivity contribution in [2.24, 2.45) is 0 Å². The van der Waals surface area contributed by atoms with Gasteiger partial charge in [-0.15, -0.1) is 0 Å². The monoisotopic (exact) mass is 161 g/mol. The minimum absolute atomic E-state index is 0.364. The predicted octanol–water partition coefficient (Wildman–Crippen LogP) is 0.770. The Hall–Kier alpha value is -0.220. The van der Waals surface area contributed by atoms with Gasteiger partial charge in [0.15, 0.2) is 0 Å². The largest absolute Gasteiger partial charge is 0.480 e. The van der Waals surface area contributed by atoms with E-state index < -0.39 is 5.97 Å². The normalized spacial score (nSPS) is 28.3. The van der Waals surface area contributed by atoms with Crippen LogP contribution in [0.4, 0.5) is 0 Å². The molecule has 1 atom stereocenters. The fraction of sp³-hybridized carbons (Fsp3) is 0.833. The predicted molar refractivity (Wildman–Crippen MR) is 41.0 cm³/mol. The quantitative estimate of drug-likeness (QED) is 0.558.